The molecule has 1 aromatic carbocycles. The van der Waals surface area contributed by atoms with Crippen molar-refractivity contribution in [3.63, 3.8) is 0 Å². The predicted molar refractivity (Wildman–Crippen MR) is 61.8 cm³/mol. The predicted octanol–water partition coefficient (Wildman–Crippen LogP) is 3.90. The van der Waals surface area contributed by atoms with Crippen LogP contribution in [0.5, 0.6) is 0 Å². The molecular formula is C13H12S. The Morgan fingerprint density at radius 2 is 1.86 bits per heavy atom. The highest BCUT2D eigenvalue weighted by Crippen LogP contribution is 2.35. The summed E-state index contributed by atoms with van der Waals surface area (Å²) < 4.78 is 0. The van der Waals surface area contributed by atoms with Crippen molar-refractivity contribution in [3.8, 4) is 11.1 Å². The molecule has 1 aliphatic carbocycles. The molecule has 14 heavy (non-hydrogen) atoms. The van der Waals surface area contributed by atoms with Crippen molar-refractivity contribution in [2.75, 3.05) is 0 Å². The normalized spacial score (nSPS) is 14.3. The molecule has 0 atom stereocenters. The van der Waals surface area contributed by atoms with Crippen LogP contribution in [0.1, 0.15) is 16.9 Å². The van der Waals surface area contributed by atoms with E-state index in [1.807, 2.05) is 11.3 Å². The second-order valence-electron chi connectivity index (χ2n) is 3.77. The van der Waals surface area contributed by atoms with Gasteiger partial charge in [0.25, 0.3) is 0 Å². The van der Waals surface area contributed by atoms with Crippen LogP contribution in [-0.2, 0) is 12.8 Å². The van der Waals surface area contributed by atoms with E-state index in [4.69, 9.17) is 0 Å². The Labute approximate surface area is 88.2 Å². The first-order chi connectivity index (χ1) is 6.95. The van der Waals surface area contributed by atoms with Crippen LogP contribution in [-0.4, -0.2) is 0 Å². The fourth-order valence-corrected chi connectivity index (χ4v) is 3.15. The molecule has 0 unspecified atom stereocenters. The van der Waals surface area contributed by atoms with Gasteiger partial charge < -0.3 is 0 Å². The molecule has 1 heteroatoms. The number of aryl methyl sites for hydroxylation is 2. The van der Waals surface area contributed by atoms with E-state index in [0.717, 1.165) is 0 Å². The van der Waals surface area contributed by atoms with Crippen molar-refractivity contribution in [1.29, 1.82) is 0 Å². The zero-order valence-electron chi connectivity index (χ0n) is 7.99. The SMILES string of the molecule is c1ccc2c(c1)CCCc1sccc1-2. The zero-order valence-corrected chi connectivity index (χ0v) is 8.81. The number of hydrogen-bond acceptors (Lipinski definition) is 1. The van der Waals surface area contributed by atoms with Crippen LogP contribution >= 0.6 is 11.3 Å². The summed E-state index contributed by atoms with van der Waals surface area (Å²) in [7, 11) is 0. The Balaban J connectivity index is 2.27. The summed E-state index contributed by atoms with van der Waals surface area (Å²) in [5.41, 5.74) is 4.45. The lowest BCUT2D eigenvalue weighted by Gasteiger charge is -2.04. The van der Waals surface area contributed by atoms with E-state index in [9.17, 15) is 0 Å². The van der Waals surface area contributed by atoms with E-state index in [0.29, 0.717) is 0 Å². The van der Waals surface area contributed by atoms with Gasteiger partial charge in [-0.2, -0.15) is 0 Å². The molecule has 0 fully saturated rings. The van der Waals surface area contributed by atoms with Crippen molar-refractivity contribution in [3.05, 3.63) is 46.2 Å². The zero-order chi connectivity index (χ0) is 9.38. The molecule has 2 aromatic rings. The van der Waals surface area contributed by atoms with Gasteiger partial charge in [0.2, 0.25) is 0 Å². The largest absolute Gasteiger partial charge is 0.148 e. The summed E-state index contributed by atoms with van der Waals surface area (Å²) in [4.78, 5) is 1.56. The molecule has 0 spiro atoms. The Bertz CT molecular complexity index is 454. The maximum Gasteiger partial charge on any atom is 0.0124 e. The first-order valence-corrected chi connectivity index (χ1v) is 5.98. The van der Waals surface area contributed by atoms with Gasteiger partial charge in [-0.25, -0.2) is 0 Å². The van der Waals surface area contributed by atoms with Crippen LogP contribution < -0.4 is 0 Å². The van der Waals surface area contributed by atoms with Gasteiger partial charge >= 0.3 is 0 Å². The lowest BCUT2D eigenvalue weighted by atomic mass is 10.0. The van der Waals surface area contributed by atoms with Crippen molar-refractivity contribution in [1.82, 2.24) is 0 Å². The van der Waals surface area contributed by atoms with Gasteiger partial charge in [0, 0.05) is 4.88 Å². The molecule has 1 heterocycles. The lowest BCUT2D eigenvalue weighted by molar-refractivity contribution is 0.844. The van der Waals surface area contributed by atoms with Gasteiger partial charge in [0.05, 0.1) is 0 Å². The monoisotopic (exact) mass is 200 g/mol. The maximum absolute atomic E-state index is 2.27. The van der Waals surface area contributed by atoms with E-state index in [2.05, 4.69) is 35.7 Å². The van der Waals surface area contributed by atoms with Gasteiger partial charge in [-0.15, -0.1) is 11.3 Å². The summed E-state index contributed by atoms with van der Waals surface area (Å²) in [6, 6.07) is 11.1. The highest BCUT2D eigenvalue weighted by Gasteiger charge is 2.13. The standard InChI is InChI=1S/C13H12S/c1-2-6-11-10(4-1)5-3-7-13-12(11)8-9-14-13/h1-2,4,6,8-9H,3,5,7H2. The highest BCUT2D eigenvalue weighted by atomic mass is 32.1. The number of rotatable bonds is 0. The average Bonchev–Trinajstić information content (AvgIpc) is 2.61. The van der Waals surface area contributed by atoms with Crippen LogP contribution in [0.15, 0.2) is 35.7 Å². The highest BCUT2D eigenvalue weighted by molar-refractivity contribution is 7.10. The molecule has 1 aromatic heterocycles. The summed E-state index contributed by atoms with van der Waals surface area (Å²) in [5, 5.41) is 2.22. The van der Waals surface area contributed by atoms with Crippen LogP contribution in [0.25, 0.3) is 11.1 Å². The number of fused-ring (bicyclic) bond motifs is 3. The van der Waals surface area contributed by atoms with Crippen molar-refractivity contribution < 1.29 is 0 Å². The van der Waals surface area contributed by atoms with Gasteiger partial charge in [0.1, 0.15) is 0 Å². The van der Waals surface area contributed by atoms with Crippen LogP contribution in [0.2, 0.25) is 0 Å². The Hall–Kier alpha value is -1.08. The number of benzene rings is 1. The molecule has 1 aliphatic rings. The third kappa shape index (κ3) is 1.20. The molecule has 70 valence electrons. The molecule has 0 N–H and O–H groups in total. The van der Waals surface area contributed by atoms with Crippen LogP contribution in [0.3, 0.4) is 0 Å². The molecule has 0 saturated heterocycles. The Morgan fingerprint density at radius 1 is 0.929 bits per heavy atom. The molecule has 0 bridgehead atoms. The van der Waals surface area contributed by atoms with Crippen LogP contribution in [0, 0.1) is 0 Å². The maximum atomic E-state index is 2.27. The lowest BCUT2D eigenvalue weighted by Crippen LogP contribution is -1.85. The van der Waals surface area contributed by atoms with E-state index in [1.165, 1.54) is 36.0 Å². The van der Waals surface area contributed by atoms with Crippen molar-refractivity contribution >= 4 is 11.3 Å². The first-order valence-electron chi connectivity index (χ1n) is 5.10. The quantitative estimate of drug-likeness (QED) is 0.605. The van der Waals surface area contributed by atoms with Gasteiger partial charge in [-0.3, -0.25) is 0 Å². The van der Waals surface area contributed by atoms with Crippen molar-refractivity contribution in [2.45, 2.75) is 19.3 Å². The molecular weight excluding hydrogens is 188 g/mol. The molecule has 0 radical (unpaired) electrons. The minimum absolute atomic E-state index is 1.23. The van der Waals surface area contributed by atoms with E-state index in [-0.39, 0.29) is 0 Å². The smallest absolute Gasteiger partial charge is 0.0124 e. The molecule has 0 amide bonds. The topological polar surface area (TPSA) is 0 Å². The van der Waals surface area contributed by atoms with E-state index >= 15 is 0 Å². The summed E-state index contributed by atoms with van der Waals surface area (Å²) >= 11 is 1.90. The van der Waals surface area contributed by atoms with E-state index < -0.39 is 0 Å². The van der Waals surface area contributed by atoms with Gasteiger partial charge in [-0.1, -0.05) is 24.3 Å². The molecule has 3 rings (SSSR count). The van der Waals surface area contributed by atoms with E-state index in [1.54, 1.807) is 4.88 Å². The molecule has 0 saturated carbocycles. The number of thiophene rings is 1. The van der Waals surface area contributed by atoms with Gasteiger partial charge in [-0.05, 0) is 47.4 Å². The average molecular weight is 200 g/mol. The van der Waals surface area contributed by atoms with Crippen molar-refractivity contribution in [2.24, 2.45) is 0 Å². The minimum atomic E-state index is 1.23. The number of hydrogen-bond donors (Lipinski definition) is 0. The Morgan fingerprint density at radius 3 is 2.86 bits per heavy atom. The van der Waals surface area contributed by atoms with Crippen LogP contribution in [0.4, 0.5) is 0 Å². The fraction of sp³-hybridized carbons (Fsp3) is 0.231. The third-order valence-corrected chi connectivity index (χ3v) is 3.88. The summed E-state index contributed by atoms with van der Waals surface area (Å²) in [6.07, 6.45) is 3.78. The molecule has 0 nitrogen and oxygen atoms in total. The fourth-order valence-electron chi connectivity index (χ4n) is 2.21. The summed E-state index contributed by atoms with van der Waals surface area (Å²) in [6.45, 7) is 0. The summed E-state index contributed by atoms with van der Waals surface area (Å²) in [5.74, 6) is 0. The van der Waals surface area contributed by atoms with Gasteiger partial charge in [0.15, 0.2) is 0 Å². The third-order valence-electron chi connectivity index (χ3n) is 2.90. The Kier molecular flexibility index (Phi) is 1.91. The second kappa shape index (κ2) is 3.25. The molecule has 0 aliphatic heterocycles. The second-order valence-corrected chi connectivity index (χ2v) is 4.77. The first kappa shape index (κ1) is 8.25. The minimum Gasteiger partial charge on any atom is -0.148 e.